The zero-order valence-corrected chi connectivity index (χ0v) is 10.4. The van der Waals surface area contributed by atoms with Gasteiger partial charge in [0.15, 0.2) is 0 Å². The van der Waals surface area contributed by atoms with Crippen LogP contribution < -0.4 is 5.32 Å². The van der Waals surface area contributed by atoms with Gasteiger partial charge in [0, 0.05) is 17.9 Å². The van der Waals surface area contributed by atoms with Crippen molar-refractivity contribution in [3.63, 3.8) is 0 Å². The summed E-state index contributed by atoms with van der Waals surface area (Å²) in [5.74, 6) is 7.67. The molecule has 0 fully saturated rings. The summed E-state index contributed by atoms with van der Waals surface area (Å²) in [5.41, 5.74) is 0. The Bertz CT molecular complexity index is 208. The Labute approximate surface area is 94.4 Å². The Hall–Kier alpha value is -0.270. The molecule has 0 aromatic heterocycles. The van der Waals surface area contributed by atoms with Gasteiger partial charge in [0.25, 0.3) is 0 Å². The lowest BCUT2D eigenvalue weighted by Crippen LogP contribution is -2.23. The first kappa shape index (κ1) is 13.7. The van der Waals surface area contributed by atoms with E-state index >= 15 is 0 Å². The minimum atomic E-state index is 0.0948. The van der Waals surface area contributed by atoms with Crippen molar-refractivity contribution in [1.29, 1.82) is 0 Å². The highest BCUT2D eigenvalue weighted by Crippen LogP contribution is 2.22. The molecule has 0 saturated carbocycles. The summed E-state index contributed by atoms with van der Waals surface area (Å²) in [5, 5.41) is 2.74. The Morgan fingerprint density at radius 3 is 2.71 bits per heavy atom. The molecule has 0 heterocycles. The van der Waals surface area contributed by atoms with Crippen molar-refractivity contribution in [2.45, 2.75) is 26.7 Å². The van der Waals surface area contributed by atoms with Crippen molar-refractivity contribution < 1.29 is 4.79 Å². The minimum Gasteiger partial charge on any atom is -0.345 e. The molecule has 14 heavy (non-hydrogen) atoms. The molecule has 1 amide bonds. The van der Waals surface area contributed by atoms with E-state index in [2.05, 4.69) is 24.1 Å². The van der Waals surface area contributed by atoms with Crippen LogP contribution in [0.4, 0.5) is 0 Å². The number of nitrogens with one attached hydrogen (secondary N) is 1. The molecule has 0 unspecified atom stereocenters. The van der Waals surface area contributed by atoms with Crippen molar-refractivity contribution in [2.24, 2.45) is 0 Å². The first-order chi connectivity index (χ1) is 6.81. The van der Waals surface area contributed by atoms with Crippen molar-refractivity contribution in [3.05, 3.63) is 0 Å². The average molecular weight is 231 g/mol. The number of carbonyl (C=O) groups excluding carboxylic acids is 1. The number of rotatable bonds is 7. The van der Waals surface area contributed by atoms with Crippen molar-refractivity contribution in [1.82, 2.24) is 5.32 Å². The summed E-state index contributed by atoms with van der Waals surface area (Å²) in [6, 6.07) is 0. The molecule has 0 bridgehead atoms. The highest BCUT2D eigenvalue weighted by molar-refractivity contribution is 8.76. The fourth-order valence-electron chi connectivity index (χ4n) is 0.655. The van der Waals surface area contributed by atoms with Gasteiger partial charge in [0.2, 0.25) is 5.91 Å². The molecule has 0 aliphatic rings. The fraction of sp³-hybridized carbons (Fsp3) is 0.700. The molecular weight excluding hydrogens is 214 g/mol. The van der Waals surface area contributed by atoms with Gasteiger partial charge in [0.05, 0.1) is 6.54 Å². The van der Waals surface area contributed by atoms with E-state index in [9.17, 15) is 4.79 Å². The zero-order chi connectivity index (χ0) is 10.6. The molecule has 0 radical (unpaired) electrons. The number of amides is 1. The summed E-state index contributed by atoms with van der Waals surface area (Å²) in [6.45, 7) is 4.40. The van der Waals surface area contributed by atoms with Crippen LogP contribution in [0, 0.1) is 11.8 Å². The van der Waals surface area contributed by atoms with Crippen LogP contribution in [0.15, 0.2) is 0 Å². The maximum absolute atomic E-state index is 11.1. The Kier molecular flexibility index (Phi) is 10.6. The van der Waals surface area contributed by atoms with Gasteiger partial charge in [-0.3, -0.25) is 4.79 Å². The van der Waals surface area contributed by atoms with Crippen LogP contribution in [0.3, 0.4) is 0 Å². The third-order valence-corrected chi connectivity index (χ3v) is 3.95. The van der Waals surface area contributed by atoms with E-state index in [-0.39, 0.29) is 5.91 Å². The molecular formula is C10H17NOS2. The highest BCUT2D eigenvalue weighted by Gasteiger charge is 1.98. The molecule has 0 atom stereocenters. The summed E-state index contributed by atoms with van der Waals surface area (Å²) >= 11 is 0. The Morgan fingerprint density at radius 2 is 2.07 bits per heavy atom. The fourth-order valence-corrected chi connectivity index (χ4v) is 2.78. The van der Waals surface area contributed by atoms with E-state index in [1.807, 2.05) is 10.8 Å². The monoisotopic (exact) mass is 231 g/mol. The second-order valence-corrected chi connectivity index (χ2v) is 5.30. The van der Waals surface area contributed by atoms with Crippen LogP contribution in [-0.2, 0) is 4.79 Å². The van der Waals surface area contributed by atoms with Crippen LogP contribution in [0.2, 0.25) is 0 Å². The van der Waals surface area contributed by atoms with E-state index in [1.54, 1.807) is 17.7 Å². The van der Waals surface area contributed by atoms with Crippen molar-refractivity contribution in [3.8, 4) is 11.8 Å². The highest BCUT2D eigenvalue weighted by atomic mass is 33.1. The van der Waals surface area contributed by atoms with Gasteiger partial charge in [-0.25, -0.2) is 0 Å². The SMILES string of the molecule is CC#CCNC(=O)CCSSCCC. The average Bonchev–Trinajstić information content (AvgIpc) is 2.18. The van der Waals surface area contributed by atoms with E-state index in [0.717, 1.165) is 11.5 Å². The maximum atomic E-state index is 11.1. The molecule has 0 aromatic rings. The maximum Gasteiger partial charge on any atom is 0.221 e. The third-order valence-electron chi connectivity index (χ3n) is 1.33. The Balaban J connectivity index is 3.21. The van der Waals surface area contributed by atoms with Crippen LogP contribution in [-0.4, -0.2) is 24.0 Å². The van der Waals surface area contributed by atoms with Gasteiger partial charge in [-0.05, 0) is 13.3 Å². The largest absolute Gasteiger partial charge is 0.345 e. The third kappa shape index (κ3) is 9.82. The number of hydrogen-bond acceptors (Lipinski definition) is 3. The summed E-state index contributed by atoms with van der Waals surface area (Å²) in [4.78, 5) is 11.1. The first-order valence-electron chi connectivity index (χ1n) is 4.72. The van der Waals surface area contributed by atoms with E-state index in [0.29, 0.717) is 13.0 Å². The second kappa shape index (κ2) is 10.8. The topological polar surface area (TPSA) is 29.1 Å². The van der Waals surface area contributed by atoms with Crippen LogP contribution >= 0.6 is 21.6 Å². The van der Waals surface area contributed by atoms with Crippen molar-refractivity contribution in [2.75, 3.05) is 18.1 Å². The lowest BCUT2D eigenvalue weighted by atomic mass is 10.4. The van der Waals surface area contributed by atoms with Crippen LogP contribution in [0.5, 0.6) is 0 Å². The van der Waals surface area contributed by atoms with Gasteiger partial charge in [-0.2, -0.15) is 0 Å². The van der Waals surface area contributed by atoms with Gasteiger partial charge in [-0.15, -0.1) is 5.92 Å². The summed E-state index contributed by atoms with van der Waals surface area (Å²) in [6.07, 6.45) is 1.78. The Morgan fingerprint density at radius 1 is 1.36 bits per heavy atom. The summed E-state index contributed by atoms with van der Waals surface area (Å²) < 4.78 is 0. The molecule has 0 aliphatic heterocycles. The molecule has 0 spiro atoms. The molecule has 0 rings (SSSR count). The quantitative estimate of drug-likeness (QED) is 0.414. The van der Waals surface area contributed by atoms with Gasteiger partial charge >= 0.3 is 0 Å². The molecule has 2 nitrogen and oxygen atoms in total. The predicted molar refractivity (Wildman–Crippen MR) is 66.3 cm³/mol. The van der Waals surface area contributed by atoms with E-state index in [4.69, 9.17) is 0 Å². The number of hydrogen-bond donors (Lipinski definition) is 1. The molecule has 80 valence electrons. The van der Waals surface area contributed by atoms with Gasteiger partial charge < -0.3 is 5.32 Å². The normalized spacial score (nSPS) is 9.00. The molecule has 1 N–H and O–H groups in total. The van der Waals surface area contributed by atoms with Crippen molar-refractivity contribution >= 4 is 27.5 Å². The smallest absolute Gasteiger partial charge is 0.221 e. The molecule has 0 aromatic carbocycles. The molecule has 4 heteroatoms. The van der Waals surface area contributed by atoms with E-state index in [1.165, 1.54) is 6.42 Å². The number of carbonyl (C=O) groups is 1. The second-order valence-electron chi connectivity index (χ2n) is 2.60. The van der Waals surface area contributed by atoms with Crippen LogP contribution in [0.25, 0.3) is 0 Å². The predicted octanol–water partition coefficient (Wildman–Crippen LogP) is 2.31. The van der Waals surface area contributed by atoms with Gasteiger partial charge in [-0.1, -0.05) is 34.4 Å². The lowest BCUT2D eigenvalue weighted by Gasteiger charge is -2.00. The lowest BCUT2D eigenvalue weighted by molar-refractivity contribution is -0.120. The standard InChI is InChI=1S/C10H17NOS2/c1-3-5-7-11-10(12)6-9-14-13-8-4-2/h4,6-9H2,1-2H3,(H,11,12). The zero-order valence-electron chi connectivity index (χ0n) is 8.76. The minimum absolute atomic E-state index is 0.0948. The first-order valence-corrected chi connectivity index (χ1v) is 7.20. The molecule has 0 aliphatic carbocycles. The van der Waals surface area contributed by atoms with E-state index < -0.39 is 0 Å². The molecule has 0 saturated heterocycles. The van der Waals surface area contributed by atoms with Gasteiger partial charge in [0.1, 0.15) is 0 Å². The summed E-state index contributed by atoms with van der Waals surface area (Å²) in [7, 11) is 3.60. The van der Waals surface area contributed by atoms with Crippen LogP contribution in [0.1, 0.15) is 26.7 Å².